The molecule has 0 aliphatic carbocycles. The lowest BCUT2D eigenvalue weighted by Crippen LogP contribution is -2.45. The minimum absolute atomic E-state index is 0.125. The Labute approximate surface area is 198 Å². The average molecular weight is 456 g/mol. The van der Waals surface area contributed by atoms with E-state index in [0.717, 1.165) is 0 Å². The zero-order chi connectivity index (χ0) is 24.2. The topological polar surface area (TPSA) is 86.8 Å². The van der Waals surface area contributed by atoms with Gasteiger partial charge in [0.2, 0.25) is 11.8 Å². The third kappa shape index (κ3) is 4.73. The lowest BCUT2D eigenvalue weighted by atomic mass is 10.0. The molecule has 1 atom stereocenters. The second-order valence-electron chi connectivity index (χ2n) is 8.32. The van der Waals surface area contributed by atoms with Crippen LogP contribution in [0, 0.1) is 0 Å². The predicted molar refractivity (Wildman–Crippen MR) is 130 cm³/mol. The summed E-state index contributed by atoms with van der Waals surface area (Å²) in [5.74, 6) is -0.912. The van der Waals surface area contributed by atoms with Crippen molar-refractivity contribution >= 4 is 34.9 Å². The fourth-order valence-corrected chi connectivity index (χ4v) is 4.06. The van der Waals surface area contributed by atoms with E-state index in [-0.39, 0.29) is 42.5 Å². The maximum absolute atomic E-state index is 13.2. The Morgan fingerprint density at radius 1 is 0.882 bits per heavy atom. The van der Waals surface area contributed by atoms with Crippen LogP contribution in [0.3, 0.4) is 0 Å². The number of carbonyl (C=O) groups is 4. The summed E-state index contributed by atoms with van der Waals surface area (Å²) in [5, 5.41) is 2.82. The maximum atomic E-state index is 13.2. The molecule has 3 amide bonds. The normalized spacial score (nSPS) is 15.1. The van der Waals surface area contributed by atoms with Crippen molar-refractivity contribution < 1.29 is 19.2 Å². The molecular formula is C27H25N3O4. The molecule has 172 valence electrons. The first-order chi connectivity index (χ1) is 16.3. The maximum Gasteiger partial charge on any atom is 0.254 e. The molecule has 1 unspecified atom stereocenters. The van der Waals surface area contributed by atoms with Crippen molar-refractivity contribution in [2.45, 2.75) is 19.4 Å². The summed E-state index contributed by atoms with van der Waals surface area (Å²) in [6, 6.07) is 22.1. The van der Waals surface area contributed by atoms with Gasteiger partial charge >= 0.3 is 0 Å². The van der Waals surface area contributed by atoms with Crippen LogP contribution in [0.25, 0.3) is 0 Å². The molecule has 1 N–H and O–H groups in total. The largest absolute Gasteiger partial charge is 0.332 e. The lowest BCUT2D eigenvalue weighted by molar-refractivity contribution is -0.119. The van der Waals surface area contributed by atoms with Crippen LogP contribution in [0.5, 0.6) is 0 Å². The number of nitrogens with one attached hydrogen (secondary N) is 1. The first-order valence-corrected chi connectivity index (χ1v) is 11.0. The predicted octanol–water partition coefficient (Wildman–Crippen LogP) is 3.75. The van der Waals surface area contributed by atoms with E-state index < -0.39 is 0 Å². The molecule has 1 aliphatic heterocycles. The van der Waals surface area contributed by atoms with Gasteiger partial charge in [-0.2, -0.15) is 0 Å². The highest BCUT2D eigenvalue weighted by Gasteiger charge is 2.30. The minimum Gasteiger partial charge on any atom is -0.332 e. The number of hydrogen-bond donors (Lipinski definition) is 1. The molecule has 0 saturated carbocycles. The smallest absolute Gasteiger partial charge is 0.254 e. The van der Waals surface area contributed by atoms with Crippen molar-refractivity contribution in [3.63, 3.8) is 0 Å². The van der Waals surface area contributed by atoms with E-state index in [9.17, 15) is 19.2 Å². The molecule has 0 radical (unpaired) electrons. The number of fused-ring (bicyclic) bond motifs is 1. The molecular weight excluding hydrogens is 430 g/mol. The van der Waals surface area contributed by atoms with Crippen molar-refractivity contribution in [2.75, 3.05) is 23.8 Å². The molecule has 4 rings (SSSR count). The van der Waals surface area contributed by atoms with Crippen molar-refractivity contribution in [2.24, 2.45) is 0 Å². The van der Waals surface area contributed by atoms with E-state index >= 15 is 0 Å². The van der Waals surface area contributed by atoms with Crippen LogP contribution in [0.15, 0.2) is 78.9 Å². The number of amides is 3. The molecule has 3 aromatic rings. The number of likely N-dealkylation sites (N-methyl/N-ethyl adjacent to an activating group) is 1. The Bertz CT molecular complexity index is 1240. The number of hydrogen-bond acceptors (Lipinski definition) is 4. The van der Waals surface area contributed by atoms with Gasteiger partial charge < -0.3 is 15.1 Å². The van der Waals surface area contributed by atoms with Crippen LogP contribution in [-0.4, -0.2) is 48.0 Å². The van der Waals surface area contributed by atoms with Crippen LogP contribution in [0.1, 0.15) is 39.6 Å². The van der Waals surface area contributed by atoms with E-state index in [1.165, 1.54) is 4.90 Å². The van der Waals surface area contributed by atoms with E-state index in [0.29, 0.717) is 28.1 Å². The SMILES string of the molecule is CC1CC(=O)Nc2ccccc2N1C(=O)CN(C)C(=O)c1ccc(C(=O)c2ccccc2)cc1. The first kappa shape index (κ1) is 22.9. The Kier molecular flexibility index (Phi) is 6.54. The zero-order valence-corrected chi connectivity index (χ0v) is 19.0. The molecule has 1 aliphatic rings. The Morgan fingerprint density at radius 2 is 1.47 bits per heavy atom. The summed E-state index contributed by atoms with van der Waals surface area (Å²) in [6.07, 6.45) is 0.162. The highest BCUT2D eigenvalue weighted by atomic mass is 16.2. The van der Waals surface area contributed by atoms with Gasteiger partial charge in [-0.05, 0) is 31.2 Å². The Hall–Kier alpha value is -4.26. The summed E-state index contributed by atoms with van der Waals surface area (Å²) in [6.45, 7) is 1.65. The van der Waals surface area contributed by atoms with Crippen LogP contribution >= 0.6 is 0 Å². The van der Waals surface area contributed by atoms with E-state index in [1.807, 2.05) is 13.0 Å². The summed E-state index contributed by atoms with van der Waals surface area (Å²) < 4.78 is 0. The van der Waals surface area contributed by atoms with Crippen LogP contribution < -0.4 is 10.2 Å². The van der Waals surface area contributed by atoms with E-state index in [4.69, 9.17) is 0 Å². The number of para-hydroxylation sites is 2. The van der Waals surface area contributed by atoms with Gasteiger partial charge in [0.25, 0.3) is 5.91 Å². The van der Waals surface area contributed by atoms with Crippen LogP contribution in [0.4, 0.5) is 11.4 Å². The third-order valence-electron chi connectivity index (χ3n) is 5.78. The summed E-state index contributed by atoms with van der Waals surface area (Å²) >= 11 is 0. The molecule has 0 saturated heterocycles. The highest BCUT2D eigenvalue weighted by molar-refractivity contribution is 6.10. The average Bonchev–Trinajstić information content (AvgIpc) is 2.97. The summed E-state index contributed by atoms with van der Waals surface area (Å²) in [5.41, 5.74) is 2.60. The summed E-state index contributed by atoms with van der Waals surface area (Å²) in [4.78, 5) is 53.9. The Morgan fingerprint density at radius 3 is 2.18 bits per heavy atom. The molecule has 7 heteroatoms. The number of rotatable bonds is 5. The molecule has 0 bridgehead atoms. The second-order valence-corrected chi connectivity index (χ2v) is 8.32. The molecule has 7 nitrogen and oxygen atoms in total. The number of ketones is 1. The van der Waals surface area contributed by atoms with E-state index in [2.05, 4.69) is 5.32 Å². The Balaban J connectivity index is 1.48. The third-order valence-corrected chi connectivity index (χ3v) is 5.78. The van der Waals surface area contributed by atoms with Crippen LogP contribution in [-0.2, 0) is 9.59 Å². The number of anilines is 2. The van der Waals surface area contributed by atoms with Gasteiger partial charge in [0.05, 0.1) is 11.4 Å². The van der Waals surface area contributed by atoms with E-state index in [1.54, 1.807) is 84.7 Å². The zero-order valence-electron chi connectivity index (χ0n) is 19.0. The fraction of sp³-hybridized carbons (Fsp3) is 0.185. The van der Waals surface area contributed by atoms with Crippen molar-refractivity contribution in [3.8, 4) is 0 Å². The fourth-order valence-electron chi connectivity index (χ4n) is 4.06. The lowest BCUT2D eigenvalue weighted by Gasteiger charge is -2.29. The number of carbonyl (C=O) groups excluding carboxylic acids is 4. The second kappa shape index (κ2) is 9.70. The van der Waals surface area contributed by atoms with Gasteiger partial charge in [-0.15, -0.1) is 0 Å². The molecule has 0 aromatic heterocycles. The van der Waals surface area contributed by atoms with Crippen molar-refractivity contribution in [1.82, 2.24) is 4.90 Å². The molecule has 0 spiro atoms. The molecule has 0 fully saturated rings. The van der Waals surface area contributed by atoms with Crippen molar-refractivity contribution in [1.29, 1.82) is 0 Å². The molecule has 3 aromatic carbocycles. The minimum atomic E-state index is -0.358. The van der Waals surface area contributed by atoms with Gasteiger partial charge in [0.1, 0.15) is 6.54 Å². The first-order valence-electron chi connectivity index (χ1n) is 11.0. The van der Waals surface area contributed by atoms with Gasteiger partial charge in [-0.1, -0.05) is 54.6 Å². The van der Waals surface area contributed by atoms with Gasteiger partial charge in [0.15, 0.2) is 5.78 Å². The number of benzene rings is 3. The quantitative estimate of drug-likeness (QED) is 0.594. The highest BCUT2D eigenvalue weighted by Crippen LogP contribution is 2.31. The van der Waals surface area contributed by atoms with Gasteiger partial charge in [-0.3, -0.25) is 19.2 Å². The van der Waals surface area contributed by atoms with Gasteiger partial charge in [0, 0.05) is 36.2 Å². The molecule has 34 heavy (non-hydrogen) atoms. The van der Waals surface area contributed by atoms with Crippen LogP contribution in [0.2, 0.25) is 0 Å². The molecule has 1 heterocycles. The van der Waals surface area contributed by atoms with Crippen molar-refractivity contribution in [3.05, 3.63) is 95.6 Å². The monoisotopic (exact) mass is 455 g/mol. The number of nitrogens with zero attached hydrogens (tertiary/aromatic N) is 2. The standard InChI is InChI=1S/C27H25N3O4/c1-18-16-24(31)28-22-10-6-7-11-23(22)30(18)25(32)17-29(2)27(34)21-14-12-20(13-15-21)26(33)19-8-4-3-5-9-19/h3-15,18H,16-17H2,1-2H3,(H,28,31). The van der Waals surface area contributed by atoms with Gasteiger partial charge in [-0.25, -0.2) is 0 Å². The summed E-state index contributed by atoms with van der Waals surface area (Å²) in [7, 11) is 1.56.